The summed E-state index contributed by atoms with van der Waals surface area (Å²) in [6, 6.07) is 4.42. The molecule has 0 radical (unpaired) electrons. The van der Waals surface area contributed by atoms with Crippen molar-refractivity contribution in [1.82, 2.24) is 19.7 Å². The smallest absolute Gasteiger partial charge is 0.227 e. The van der Waals surface area contributed by atoms with Gasteiger partial charge in [-0.1, -0.05) is 6.07 Å². The summed E-state index contributed by atoms with van der Waals surface area (Å²) >= 11 is 0. The van der Waals surface area contributed by atoms with Crippen LogP contribution >= 0.6 is 0 Å². The molecule has 3 heterocycles. The van der Waals surface area contributed by atoms with Gasteiger partial charge in [0.05, 0.1) is 5.92 Å². The predicted octanol–water partition coefficient (Wildman–Crippen LogP) is 1.46. The molecule has 0 spiro atoms. The van der Waals surface area contributed by atoms with Crippen LogP contribution in [0.3, 0.4) is 0 Å². The maximum absolute atomic E-state index is 12.9. The number of likely N-dealkylation sites (tertiary alicyclic amines) is 1. The SMILES string of the molecule is C[C@@H]1CN(C)CCN1C(=O)[C@@H]1CCCN(Cc2cccnc2)C1. The number of nitrogens with zero attached hydrogens (tertiary/aromatic N) is 4. The van der Waals surface area contributed by atoms with E-state index in [1.807, 2.05) is 12.3 Å². The quantitative estimate of drug-likeness (QED) is 0.846. The van der Waals surface area contributed by atoms with Crippen LogP contribution in [0, 0.1) is 5.92 Å². The van der Waals surface area contributed by atoms with Gasteiger partial charge in [0.1, 0.15) is 0 Å². The molecule has 0 saturated carbocycles. The van der Waals surface area contributed by atoms with Gasteiger partial charge in [-0.2, -0.15) is 0 Å². The van der Waals surface area contributed by atoms with Crippen molar-refractivity contribution in [2.45, 2.75) is 32.4 Å². The molecule has 2 saturated heterocycles. The molecule has 5 heteroatoms. The maximum Gasteiger partial charge on any atom is 0.227 e. The Kier molecular flexibility index (Phi) is 5.28. The topological polar surface area (TPSA) is 39.7 Å². The summed E-state index contributed by atoms with van der Waals surface area (Å²) in [4.78, 5) is 24.0. The third-order valence-corrected chi connectivity index (χ3v) is 5.10. The molecule has 2 aliphatic rings. The first kappa shape index (κ1) is 16.4. The number of hydrogen-bond acceptors (Lipinski definition) is 4. The van der Waals surface area contributed by atoms with Crippen molar-refractivity contribution in [2.75, 3.05) is 39.8 Å². The van der Waals surface area contributed by atoms with Crippen molar-refractivity contribution in [3.05, 3.63) is 30.1 Å². The predicted molar refractivity (Wildman–Crippen MR) is 90.9 cm³/mol. The number of hydrogen-bond donors (Lipinski definition) is 0. The van der Waals surface area contributed by atoms with Crippen molar-refractivity contribution < 1.29 is 4.79 Å². The average molecular weight is 316 g/mol. The van der Waals surface area contributed by atoms with Crippen molar-refractivity contribution in [3.8, 4) is 0 Å². The fraction of sp³-hybridized carbons (Fsp3) is 0.667. The van der Waals surface area contributed by atoms with Crippen LogP contribution in [0.25, 0.3) is 0 Å². The monoisotopic (exact) mass is 316 g/mol. The van der Waals surface area contributed by atoms with E-state index in [9.17, 15) is 4.79 Å². The van der Waals surface area contributed by atoms with E-state index in [0.29, 0.717) is 11.9 Å². The highest BCUT2D eigenvalue weighted by Crippen LogP contribution is 2.22. The molecule has 2 fully saturated rings. The first-order chi connectivity index (χ1) is 11.1. The van der Waals surface area contributed by atoms with Crippen LogP contribution in [0.1, 0.15) is 25.3 Å². The van der Waals surface area contributed by atoms with Gasteiger partial charge in [-0.05, 0) is 45.0 Å². The molecule has 0 N–H and O–H groups in total. The molecule has 1 aromatic rings. The molecule has 3 rings (SSSR count). The van der Waals surface area contributed by atoms with Crippen LogP contribution in [0.15, 0.2) is 24.5 Å². The molecule has 126 valence electrons. The second-order valence-corrected chi connectivity index (χ2v) is 7.08. The first-order valence-electron chi connectivity index (χ1n) is 8.74. The van der Waals surface area contributed by atoms with Crippen molar-refractivity contribution in [2.24, 2.45) is 5.92 Å². The highest BCUT2D eigenvalue weighted by molar-refractivity contribution is 5.79. The third-order valence-electron chi connectivity index (χ3n) is 5.10. The highest BCUT2D eigenvalue weighted by atomic mass is 16.2. The molecular weight excluding hydrogens is 288 g/mol. The zero-order valence-electron chi connectivity index (χ0n) is 14.3. The van der Waals surface area contributed by atoms with Gasteiger partial charge in [-0.3, -0.25) is 14.7 Å². The molecule has 0 aromatic carbocycles. The van der Waals surface area contributed by atoms with Crippen LogP contribution in [0.2, 0.25) is 0 Å². The number of carbonyl (C=O) groups excluding carboxylic acids is 1. The summed E-state index contributed by atoms with van der Waals surface area (Å²) in [5.41, 5.74) is 1.23. The van der Waals surface area contributed by atoms with Crippen LogP contribution in [-0.4, -0.2) is 71.4 Å². The van der Waals surface area contributed by atoms with Gasteiger partial charge >= 0.3 is 0 Å². The largest absolute Gasteiger partial charge is 0.337 e. The van der Waals surface area contributed by atoms with E-state index in [1.165, 1.54) is 5.56 Å². The van der Waals surface area contributed by atoms with Crippen molar-refractivity contribution in [3.63, 3.8) is 0 Å². The molecular formula is C18H28N4O. The van der Waals surface area contributed by atoms with Gasteiger partial charge in [0.15, 0.2) is 0 Å². The summed E-state index contributed by atoms with van der Waals surface area (Å²) in [7, 11) is 2.13. The van der Waals surface area contributed by atoms with Crippen molar-refractivity contribution >= 4 is 5.91 Å². The molecule has 0 aliphatic carbocycles. The normalized spacial score (nSPS) is 27.1. The summed E-state index contributed by atoms with van der Waals surface area (Å²) < 4.78 is 0. The molecule has 1 amide bonds. The molecule has 23 heavy (non-hydrogen) atoms. The maximum atomic E-state index is 12.9. The van der Waals surface area contributed by atoms with E-state index in [-0.39, 0.29) is 5.92 Å². The molecule has 0 bridgehead atoms. The summed E-state index contributed by atoms with van der Waals surface area (Å²) in [5.74, 6) is 0.521. The Morgan fingerprint density at radius 2 is 2.17 bits per heavy atom. The lowest BCUT2D eigenvalue weighted by Gasteiger charge is -2.41. The van der Waals surface area contributed by atoms with Crippen LogP contribution in [0.5, 0.6) is 0 Å². The number of carbonyl (C=O) groups is 1. The van der Waals surface area contributed by atoms with Gasteiger partial charge in [-0.25, -0.2) is 0 Å². The summed E-state index contributed by atoms with van der Waals surface area (Å²) in [6.07, 6.45) is 5.87. The van der Waals surface area contributed by atoms with Gasteiger partial charge in [0.2, 0.25) is 5.91 Å². The van der Waals surface area contributed by atoms with Gasteiger partial charge < -0.3 is 9.80 Å². The van der Waals surface area contributed by atoms with Gasteiger partial charge in [0.25, 0.3) is 0 Å². The van der Waals surface area contributed by atoms with E-state index >= 15 is 0 Å². The Hall–Kier alpha value is -1.46. The van der Waals surface area contributed by atoms with E-state index in [1.54, 1.807) is 6.20 Å². The first-order valence-corrected chi connectivity index (χ1v) is 8.74. The lowest BCUT2D eigenvalue weighted by Crippen LogP contribution is -2.55. The van der Waals surface area contributed by atoms with Crippen molar-refractivity contribution in [1.29, 1.82) is 0 Å². The minimum Gasteiger partial charge on any atom is -0.337 e. The Morgan fingerprint density at radius 1 is 1.30 bits per heavy atom. The van der Waals surface area contributed by atoms with Crippen LogP contribution < -0.4 is 0 Å². The fourth-order valence-corrected chi connectivity index (χ4v) is 3.85. The number of amides is 1. The molecule has 2 atom stereocenters. The molecule has 5 nitrogen and oxygen atoms in total. The van der Waals surface area contributed by atoms with Gasteiger partial charge in [0, 0.05) is 51.2 Å². The lowest BCUT2D eigenvalue weighted by molar-refractivity contribution is -0.141. The van der Waals surface area contributed by atoms with Crippen LogP contribution in [-0.2, 0) is 11.3 Å². The third kappa shape index (κ3) is 4.09. The number of piperidine rings is 1. The minimum atomic E-state index is 0.159. The second kappa shape index (κ2) is 7.41. The number of piperazine rings is 1. The second-order valence-electron chi connectivity index (χ2n) is 7.08. The number of aromatic nitrogens is 1. The van der Waals surface area contributed by atoms with Gasteiger partial charge in [-0.15, -0.1) is 0 Å². The highest BCUT2D eigenvalue weighted by Gasteiger charge is 2.33. The Bertz CT molecular complexity index is 521. The zero-order valence-corrected chi connectivity index (χ0v) is 14.3. The average Bonchev–Trinajstić information content (AvgIpc) is 2.55. The minimum absolute atomic E-state index is 0.159. The van der Waals surface area contributed by atoms with E-state index in [2.05, 4.69) is 39.7 Å². The standard InChI is InChI=1S/C18H28N4O/c1-15-12-20(2)9-10-22(15)18(23)17-6-4-8-21(14-17)13-16-5-3-7-19-11-16/h3,5,7,11,15,17H,4,6,8-10,12-14H2,1-2H3/t15-,17-/m1/s1. The lowest BCUT2D eigenvalue weighted by atomic mass is 9.95. The van der Waals surface area contributed by atoms with E-state index in [4.69, 9.17) is 0 Å². The molecule has 2 aliphatic heterocycles. The van der Waals surface area contributed by atoms with E-state index in [0.717, 1.165) is 52.1 Å². The summed E-state index contributed by atoms with van der Waals surface area (Å²) in [5, 5.41) is 0. The number of pyridine rings is 1. The summed E-state index contributed by atoms with van der Waals surface area (Å²) in [6.45, 7) is 7.87. The molecule has 1 aromatic heterocycles. The van der Waals surface area contributed by atoms with E-state index < -0.39 is 0 Å². The number of likely N-dealkylation sites (N-methyl/N-ethyl adjacent to an activating group) is 1. The Morgan fingerprint density at radius 3 is 2.91 bits per heavy atom. The number of rotatable bonds is 3. The Labute approximate surface area is 139 Å². The molecule has 0 unspecified atom stereocenters. The fourth-order valence-electron chi connectivity index (χ4n) is 3.85. The van der Waals surface area contributed by atoms with Crippen LogP contribution in [0.4, 0.5) is 0 Å². The zero-order chi connectivity index (χ0) is 16.2. The Balaban J connectivity index is 1.58.